The first-order valence-corrected chi connectivity index (χ1v) is 9.28. The van der Waals surface area contributed by atoms with E-state index in [-0.39, 0.29) is 11.7 Å². The van der Waals surface area contributed by atoms with E-state index in [2.05, 4.69) is 34.0 Å². The zero-order chi connectivity index (χ0) is 14.4. The molecule has 3 fully saturated rings. The van der Waals surface area contributed by atoms with Crippen molar-refractivity contribution in [2.75, 3.05) is 0 Å². The highest BCUT2D eigenvalue weighted by Gasteiger charge is 2.60. The molecule has 4 rings (SSSR count). The Labute approximate surface area is 130 Å². The molecule has 114 valence electrons. The van der Waals surface area contributed by atoms with Gasteiger partial charge in [0.25, 0.3) is 0 Å². The maximum absolute atomic E-state index is 13.0. The fourth-order valence-electron chi connectivity index (χ4n) is 4.14. The summed E-state index contributed by atoms with van der Waals surface area (Å²) >= 11 is 1.72. The summed E-state index contributed by atoms with van der Waals surface area (Å²) in [5.41, 5.74) is 1.06. The second-order valence-corrected chi connectivity index (χ2v) is 7.86. The van der Waals surface area contributed by atoms with Crippen molar-refractivity contribution in [3.63, 3.8) is 0 Å². The maximum atomic E-state index is 13.0. The van der Waals surface area contributed by atoms with Crippen LogP contribution in [0, 0.1) is 5.92 Å². The molecule has 3 nitrogen and oxygen atoms in total. The minimum absolute atomic E-state index is 0.108. The van der Waals surface area contributed by atoms with Gasteiger partial charge in [0.05, 0.1) is 0 Å². The molecule has 1 aromatic heterocycles. The Balaban J connectivity index is 1.67. The number of hydrogen-bond acceptors (Lipinski definition) is 3. The van der Waals surface area contributed by atoms with E-state index < -0.39 is 0 Å². The van der Waals surface area contributed by atoms with Crippen molar-refractivity contribution < 1.29 is 4.79 Å². The molecule has 1 spiro atoms. The van der Waals surface area contributed by atoms with Gasteiger partial charge in [-0.3, -0.25) is 10.1 Å². The van der Waals surface area contributed by atoms with Crippen molar-refractivity contribution in [3.8, 4) is 0 Å². The highest BCUT2D eigenvalue weighted by molar-refractivity contribution is 7.08. The number of nitrogens with one attached hydrogen (secondary N) is 1. The van der Waals surface area contributed by atoms with Gasteiger partial charge in [0.15, 0.2) is 0 Å². The number of rotatable bonds is 2. The van der Waals surface area contributed by atoms with Gasteiger partial charge in [-0.1, -0.05) is 26.2 Å². The summed E-state index contributed by atoms with van der Waals surface area (Å²) in [6.07, 6.45) is 8.49. The molecule has 4 heteroatoms. The molecule has 3 unspecified atom stereocenters. The lowest BCUT2D eigenvalue weighted by molar-refractivity contribution is -0.134. The van der Waals surface area contributed by atoms with E-state index in [0.717, 1.165) is 12.8 Å². The molecule has 1 saturated heterocycles. The van der Waals surface area contributed by atoms with Crippen LogP contribution in [0.4, 0.5) is 0 Å². The Morgan fingerprint density at radius 1 is 1.29 bits per heavy atom. The molecule has 0 aromatic carbocycles. The van der Waals surface area contributed by atoms with Crippen LogP contribution >= 0.6 is 11.3 Å². The van der Waals surface area contributed by atoms with Crippen LogP contribution in [-0.4, -0.2) is 22.4 Å². The highest BCUT2D eigenvalue weighted by Crippen LogP contribution is 2.48. The van der Waals surface area contributed by atoms with E-state index in [1.807, 2.05) is 0 Å². The van der Waals surface area contributed by atoms with Crippen LogP contribution in [-0.2, 0) is 4.79 Å². The zero-order valence-electron chi connectivity index (χ0n) is 12.7. The molecule has 1 aromatic rings. The van der Waals surface area contributed by atoms with Crippen LogP contribution in [0.1, 0.15) is 63.6 Å². The lowest BCUT2D eigenvalue weighted by Crippen LogP contribution is -2.43. The summed E-state index contributed by atoms with van der Waals surface area (Å²) in [6, 6.07) is 2.59. The van der Waals surface area contributed by atoms with Crippen molar-refractivity contribution in [1.29, 1.82) is 0 Å². The van der Waals surface area contributed by atoms with Crippen LogP contribution in [0.3, 0.4) is 0 Å². The smallest absolute Gasteiger partial charge is 0.244 e. The minimum atomic E-state index is -0.210. The van der Waals surface area contributed by atoms with E-state index in [0.29, 0.717) is 17.9 Å². The predicted molar refractivity (Wildman–Crippen MR) is 85.0 cm³/mol. The largest absolute Gasteiger partial charge is 0.318 e. The lowest BCUT2D eigenvalue weighted by Gasteiger charge is -2.35. The molecule has 3 aliphatic rings. The molecular weight excluding hydrogens is 280 g/mol. The summed E-state index contributed by atoms with van der Waals surface area (Å²) in [5, 5.41) is 7.98. The van der Waals surface area contributed by atoms with Gasteiger partial charge in [0.2, 0.25) is 5.91 Å². The summed E-state index contributed by atoms with van der Waals surface area (Å²) in [5.74, 6) is 0.991. The number of hydrogen-bond donors (Lipinski definition) is 1. The van der Waals surface area contributed by atoms with E-state index in [9.17, 15) is 4.79 Å². The highest BCUT2D eigenvalue weighted by atomic mass is 32.1. The summed E-state index contributed by atoms with van der Waals surface area (Å²) < 4.78 is 0. The number of thiophene rings is 1. The van der Waals surface area contributed by atoms with Crippen LogP contribution in [0.5, 0.6) is 0 Å². The Kier molecular flexibility index (Phi) is 3.34. The predicted octanol–water partition coefficient (Wildman–Crippen LogP) is 3.68. The number of amides is 1. The Hall–Kier alpha value is -0.870. The molecule has 2 aliphatic carbocycles. The van der Waals surface area contributed by atoms with E-state index in [1.54, 1.807) is 11.3 Å². The Morgan fingerprint density at radius 3 is 2.81 bits per heavy atom. The first-order valence-electron chi connectivity index (χ1n) is 8.34. The molecule has 1 amide bonds. The number of carbonyl (C=O) groups excluding carboxylic acids is 1. The van der Waals surface area contributed by atoms with Gasteiger partial charge in [0, 0.05) is 6.04 Å². The van der Waals surface area contributed by atoms with Crippen LogP contribution in [0.2, 0.25) is 0 Å². The van der Waals surface area contributed by atoms with Crippen LogP contribution < -0.4 is 5.32 Å². The summed E-state index contributed by atoms with van der Waals surface area (Å²) in [4.78, 5) is 15.2. The van der Waals surface area contributed by atoms with E-state index in [4.69, 9.17) is 0 Å². The summed E-state index contributed by atoms with van der Waals surface area (Å²) in [7, 11) is 0. The van der Waals surface area contributed by atoms with Gasteiger partial charge in [-0.2, -0.15) is 11.3 Å². The van der Waals surface area contributed by atoms with Crippen molar-refractivity contribution in [2.24, 2.45) is 5.92 Å². The third-order valence-electron chi connectivity index (χ3n) is 5.62. The zero-order valence-corrected chi connectivity index (χ0v) is 13.5. The number of nitrogens with zero attached hydrogens (tertiary/aromatic N) is 1. The SMILES string of the molecule is CC1CCCCCC1N1C(=O)C2(CC2)NC1c1ccsc1. The first kappa shape index (κ1) is 13.8. The lowest BCUT2D eigenvalue weighted by atomic mass is 9.94. The monoisotopic (exact) mass is 304 g/mol. The normalized spacial score (nSPS) is 35.2. The van der Waals surface area contributed by atoms with Gasteiger partial charge in [-0.25, -0.2) is 0 Å². The molecule has 3 atom stereocenters. The molecule has 0 bridgehead atoms. The van der Waals surface area contributed by atoms with Gasteiger partial charge < -0.3 is 4.90 Å². The van der Waals surface area contributed by atoms with Gasteiger partial charge in [0.1, 0.15) is 11.7 Å². The van der Waals surface area contributed by atoms with Crippen molar-refractivity contribution >= 4 is 17.2 Å². The first-order chi connectivity index (χ1) is 10.2. The maximum Gasteiger partial charge on any atom is 0.244 e. The van der Waals surface area contributed by atoms with Crippen molar-refractivity contribution in [3.05, 3.63) is 22.4 Å². The second-order valence-electron chi connectivity index (χ2n) is 7.08. The van der Waals surface area contributed by atoms with Gasteiger partial charge in [-0.15, -0.1) is 0 Å². The third kappa shape index (κ3) is 2.23. The minimum Gasteiger partial charge on any atom is -0.318 e. The summed E-state index contributed by atoms with van der Waals surface area (Å²) in [6.45, 7) is 2.34. The van der Waals surface area contributed by atoms with Gasteiger partial charge >= 0.3 is 0 Å². The molecule has 0 radical (unpaired) electrons. The fourth-order valence-corrected chi connectivity index (χ4v) is 4.82. The molecule has 21 heavy (non-hydrogen) atoms. The average molecular weight is 304 g/mol. The van der Waals surface area contributed by atoms with Gasteiger partial charge in [-0.05, 0) is 54.0 Å². The third-order valence-corrected chi connectivity index (χ3v) is 6.32. The van der Waals surface area contributed by atoms with Crippen LogP contribution in [0.15, 0.2) is 16.8 Å². The fraction of sp³-hybridized carbons (Fsp3) is 0.706. The van der Waals surface area contributed by atoms with Crippen LogP contribution in [0.25, 0.3) is 0 Å². The second kappa shape index (κ2) is 5.10. The quantitative estimate of drug-likeness (QED) is 0.845. The molecule has 1 aliphatic heterocycles. The molecular formula is C17H24N2OS. The molecule has 1 N–H and O–H groups in total. The standard InChI is InChI=1S/C17H24N2OS/c1-12-5-3-2-4-6-14(12)19-15(13-7-10-21-11-13)18-17(8-9-17)16(19)20/h7,10-12,14-15,18H,2-6,8-9H2,1H3. The van der Waals surface area contributed by atoms with Crippen molar-refractivity contribution in [2.45, 2.75) is 69.6 Å². The molecule has 2 heterocycles. The Morgan fingerprint density at radius 2 is 2.10 bits per heavy atom. The molecule has 2 saturated carbocycles. The average Bonchev–Trinajstić information content (AvgIpc) is 3.03. The van der Waals surface area contributed by atoms with E-state index >= 15 is 0 Å². The van der Waals surface area contributed by atoms with E-state index in [1.165, 1.54) is 37.7 Å². The topological polar surface area (TPSA) is 32.3 Å². The Bertz CT molecular complexity index is 523. The van der Waals surface area contributed by atoms with Crippen molar-refractivity contribution in [1.82, 2.24) is 10.2 Å². The number of carbonyl (C=O) groups is 1.